The molecule has 0 aromatic carbocycles. The molecule has 6 heteroatoms. The molecule has 1 aromatic rings. The molecule has 0 aliphatic carbocycles. The normalized spacial score (nSPS) is 26.7. The fourth-order valence-electron chi connectivity index (χ4n) is 2.84. The van der Waals surface area contributed by atoms with Crippen molar-refractivity contribution < 1.29 is 13.5 Å². The van der Waals surface area contributed by atoms with Gasteiger partial charge in [-0.2, -0.15) is 0 Å². The summed E-state index contributed by atoms with van der Waals surface area (Å²) in [6.07, 6.45) is 2.16. The number of ether oxygens (including phenoxy) is 1. The monoisotopic (exact) mass is 362 g/mol. The minimum absolute atomic E-state index is 0.0214. The lowest BCUT2D eigenvalue weighted by Crippen LogP contribution is -2.47. The van der Waals surface area contributed by atoms with Gasteiger partial charge in [-0.15, -0.1) is 0 Å². The van der Waals surface area contributed by atoms with E-state index >= 15 is 0 Å². The summed E-state index contributed by atoms with van der Waals surface area (Å²) in [5.74, 6) is 0.620. The average Bonchev–Trinajstić information content (AvgIpc) is 2.58. The second-order valence-electron chi connectivity index (χ2n) is 6.08. The van der Waals surface area contributed by atoms with E-state index in [1.165, 1.54) is 18.7 Å². The molecule has 1 aliphatic rings. The smallest absolute Gasteiger partial charge is 0.269 e. The highest BCUT2D eigenvalue weighted by atomic mass is 79.9. The van der Waals surface area contributed by atoms with E-state index in [-0.39, 0.29) is 17.0 Å². The first kappa shape index (κ1) is 16.6. The van der Waals surface area contributed by atoms with Crippen LogP contribution in [0.25, 0.3) is 0 Å². The van der Waals surface area contributed by atoms with Crippen molar-refractivity contribution in [3.8, 4) is 5.88 Å². The number of alkyl halides is 2. The first-order chi connectivity index (χ1) is 9.89. The second kappa shape index (κ2) is 7.01. The average molecular weight is 363 g/mol. The predicted molar refractivity (Wildman–Crippen MR) is 81.8 cm³/mol. The Morgan fingerprint density at radius 3 is 3.05 bits per heavy atom. The van der Waals surface area contributed by atoms with Crippen LogP contribution in [0.15, 0.2) is 16.7 Å². The molecule has 118 valence electrons. The number of halogens is 3. The standard InChI is InChI=1S/C15H21BrF2N2O/c1-10-4-3-5-20-15(2,7-10)9-21-14-12(13(17)18)6-11(16)8-19-14/h6,8,10,13,20H,3-5,7,9H2,1-2H3/t10?,15-/m1/s1. The lowest BCUT2D eigenvalue weighted by molar-refractivity contribution is 0.132. The largest absolute Gasteiger partial charge is 0.475 e. The molecular formula is C15H21BrF2N2O. The zero-order chi connectivity index (χ0) is 15.5. The summed E-state index contributed by atoms with van der Waals surface area (Å²) in [6.45, 7) is 5.56. The third-order valence-corrected chi connectivity index (χ3v) is 4.27. The summed E-state index contributed by atoms with van der Waals surface area (Å²) in [4.78, 5) is 3.98. The highest BCUT2D eigenvalue weighted by molar-refractivity contribution is 9.10. The van der Waals surface area contributed by atoms with E-state index in [0.717, 1.165) is 19.4 Å². The van der Waals surface area contributed by atoms with Gasteiger partial charge in [0.25, 0.3) is 6.43 Å². The minimum atomic E-state index is -2.60. The number of aromatic nitrogens is 1. The molecule has 3 nitrogen and oxygen atoms in total. The first-order valence-corrected chi connectivity index (χ1v) is 8.00. The number of hydrogen-bond acceptors (Lipinski definition) is 3. The summed E-state index contributed by atoms with van der Waals surface area (Å²) < 4.78 is 32.2. The maximum atomic E-state index is 13.0. The number of rotatable bonds is 4. The fraction of sp³-hybridized carbons (Fsp3) is 0.667. The minimum Gasteiger partial charge on any atom is -0.475 e. The Kier molecular flexibility index (Phi) is 5.54. The maximum absolute atomic E-state index is 13.0. The zero-order valence-electron chi connectivity index (χ0n) is 12.3. The van der Waals surface area contributed by atoms with E-state index in [1.807, 2.05) is 0 Å². The van der Waals surface area contributed by atoms with Crippen molar-refractivity contribution in [1.82, 2.24) is 10.3 Å². The third-order valence-electron chi connectivity index (χ3n) is 3.83. The lowest BCUT2D eigenvalue weighted by Gasteiger charge is -2.31. The van der Waals surface area contributed by atoms with Gasteiger partial charge in [0.05, 0.1) is 5.56 Å². The summed E-state index contributed by atoms with van der Waals surface area (Å²) in [5.41, 5.74) is -0.376. The van der Waals surface area contributed by atoms with Crippen LogP contribution in [0.1, 0.15) is 45.1 Å². The fourth-order valence-corrected chi connectivity index (χ4v) is 3.19. The van der Waals surface area contributed by atoms with E-state index in [1.54, 1.807) is 0 Å². The Morgan fingerprint density at radius 1 is 1.57 bits per heavy atom. The van der Waals surface area contributed by atoms with Crippen LogP contribution in [-0.2, 0) is 0 Å². The van der Waals surface area contributed by atoms with Gasteiger partial charge < -0.3 is 10.1 Å². The molecule has 0 radical (unpaired) electrons. The van der Waals surface area contributed by atoms with Crippen LogP contribution in [0.2, 0.25) is 0 Å². The molecule has 2 rings (SSSR count). The Hall–Kier alpha value is -0.750. The van der Waals surface area contributed by atoms with E-state index in [9.17, 15) is 8.78 Å². The van der Waals surface area contributed by atoms with Crippen molar-refractivity contribution in [1.29, 1.82) is 0 Å². The second-order valence-corrected chi connectivity index (χ2v) is 6.99. The van der Waals surface area contributed by atoms with Crippen LogP contribution in [0.4, 0.5) is 8.78 Å². The number of pyridine rings is 1. The molecule has 1 fully saturated rings. The third kappa shape index (κ3) is 4.61. The van der Waals surface area contributed by atoms with Crippen LogP contribution in [0.3, 0.4) is 0 Å². The van der Waals surface area contributed by atoms with Crippen LogP contribution < -0.4 is 10.1 Å². The van der Waals surface area contributed by atoms with Gasteiger partial charge in [0, 0.05) is 16.2 Å². The van der Waals surface area contributed by atoms with Crippen molar-refractivity contribution in [2.75, 3.05) is 13.2 Å². The Labute approximate surface area is 132 Å². The predicted octanol–water partition coefficient (Wildman–Crippen LogP) is 4.33. The Morgan fingerprint density at radius 2 is 2.33 bits per heavy atom. The van der Waals surface area contributed by atoms with Gasteiger partial charge >= 0.3 is 0 Å². The highest BCUT2D eigenvalue weighted by Gasteiger charge is 2.30. The topological polar surface area (TPSA) is 34.1 Å². The van der Waals surface area contributed by atoms with Gasteiger partial charge in [-0.3, -0.25) is 0 Å². The van der Waals surface area contributed by atoms with E-state index in [0.29, 0.717) is 17.0 Å². The number of nitrogens with one attached hydrogen (secondary N) is 1. The molecule has 1 aromatic heterocycles. The highest BCUT2D eigenvalue weighted by Crippen LogP contribution is 2.31. The molecule has 2 heterocycles. The molecule has 1 N–H and O–H groups in total. The van der Waals surface area contributed by atoms with Crippen molar-refractivity contribution in [3.63, 3.8) is 0 Å². The van der Waals surface area contributed by atoms with Crippen molar-refractivity contribution in [2.24, 2.45) is 5.92 Å². The van der Waals surface area contributed by atoms with Gasteiger partial charge in [-0.1, -0.05) is 6.92 Å². The SMILES string of the molecule is CC1CCCN[C@@](C)(COc2ncc(Br)cc2C(F)F)C1. The molecule has 1 saturated heterocycles. The lowest BCUT2D eigenvalue weighted by atomic mass is 9.90. The summed E-state index contributed by atoms with van der Waals surface area (Å²) in [6, 6.07) is 1.36. The molecule has 0 saturated carbocycles. The maximum Gasteiger partial charge on any atom is 0.269 e. The quantitative estimate of drug-likeness (QED) is 0.865. The van der Waals surface area contributed by atoms with Gasteiger partial charge in [0.2, 0.25) is 5.88 Å². The van der Waals surface area contributed by atoms with Crippen LogP contribution >= 0.6 is 15.9 Å². The van der Waals surface area contributed by atoms with Crippen LogP contribution in [0, 0.1) is 5.92 Å². The summed E-state index contributed by atoms with van der Waals surface area (Å²) in [5, 5.41) is 3.47. The van der Waals surface area contributed by atoms with Gasteiger partial charge in [0.15, 0.2) is 0 Å². The first-order valence-electron chi connectivity index (χ1n) is 7.21. The van der Waals surface area contributed by atoms with Crippen LogP contribution in [0.5, 0.6) is 5.88 Å². The molecule has 0 bridgehead atoms. The summed E-state index contributed by atoms with van der Waals surface area (Å²) in [7, 11) is 0. The molecular weight excluding hydrogens is 342 g/mol. The molecule has 21 heavy (non-hydrogen) atoms. The summed E-state index contributed by atoms with van der Waals surface area (Å²) >= 11 is 3.16. The Bertz CT molecular complexity index is 487. The van der Waals surface area contributed by atoms with Gasteiger partial charge in [-0.25, -0.2) is 13.8 Å². The zero-order valence-corrected chi connectivity index (χ0v) is 13.9. The Balaban J connectivity index is 2.08. The van der Waals surface area contributed by atoms with Crippen LogP contribution in [-0.4, -0.2) is 23.7 Å². The van der Waals surface area contributed by atoms with E-state index in [2.05, 4.69) is 40.1 Å². The molecule has 2 atom stereocenters. The van der Waals surface area contributed by atoms with Crippen molar-refractivity contribution >= 4 is 15.9 Å². The van der Waals surface area contributed by atoms with Crippen molar-refractivity contribution in [2.45, 2.75) is 45.1 Å². The van der Waals surface area contributed by atoms with Gasteiger partial charge in [0.1, 0.15) is 6.61 Å². The molecule has 1 unspecified atom stereocenters. The van der Waals surface area contributed by atoms with E-state index in [4.69, 9.17) is 4.74 Å². The number of nitrogens with zero attached hydrogens (tertiary/aromatic N) is 1. The van der Waals surface area contributed by atoms with Gasteiger partial charge in [-0.05, 0) is 60.6 Å². The molecule has 1 aliphatic heterocycles. The molecule has 0 spiro atoms. The number of hydrogen-bond donors (Lipinski definition) is 1. The molecule has 0 amide bonds. The van der Waals surface area contributed by atoms with E-state index < -0.39 is 6.43 Å². The van der Waals surface area contributed by atoms with Crippen molar-refractivity contribution in [3.05, 3.63) is 22.3 Å².